The molecule has 2 aliphatic carbocycles. The first kappa shape index (κ1) is 21.0. The first-order valence-electron chi connectivity index (χ1n) is 11.3. The summed E-state index contributed by atoms with van der Waals surface area (Å²) in [5.41, 5.74) is -0.820. The van der Waals surface area contributed by atoms with Gasteiger partial charge in [0.15, 0.2) is 5.79 Å². The second-order valence-corrected chi connectivity index (χ2v) is 11.1. The fourth-order valence-electron chi connectivity index (χ4n) is 7.57. The zero-order valence-electron chi connectivity index (χ0n) is 18.4. The summed E-state index contributed by atoms with van der Waals surface area (Å²) in [6.45, 7) is 12.0. The maximum Gasteiger partial charge on any atom is 0.163 e. The third kappa shape index (κ3) is 2.76. The maximum atomic E-state index is 10.1. The van der Waals surface area contributed by atoms with E-state index in [2.05, 4.69) is 20.8 Å². The largest absolute Gasteiger partial charge is 0.396 e. The number of rotatable bonds is 3. The zero-order chi connectivity index (χ0) is 20.4. The smallest absolute Gasteiger partial charge is 0.163 e. The van der Waals surface area contributed by atoms with Crippen LogP contribution in [0.15, 0.2) is 0 Å². The fraction of sp³-hybridized carbons (Fsp3) is 1.00. The number of hydrogen-bond acceptors (Lipinski definition) is 5. The normalized spacial score (nSPS) is 53.0. The van der Waals surface area contributed by atoms with E-state index < -0.39 is 11.4 Å². The van der Waals surface area contributed by atoms with Crippen molar-refractivity contribution in [3.8, 4) is 0 Å². The van der Waals surface area contributed by atoms with Gasteiger partial charge in [-0.25, -0.2) is 0 Å². The fourth-order valence-corrected chi connectivity index (χ4v) is 7.57. The van der Waals surface area contributed by atoms with Crippen LogP contribution in [0.4, 0.5) is 0 Å². The van der Waals surface area contributed by atoms with Crippen molar-refractivity contribution in [2.24, 2.45) is 22.7 Å². The van der Waals surface area contributed by atoms with Crippen LogP contribution in [-0.4, -0.2) is 53.1 Å². The van der Waals surface area contributed by atoms with Gasteiger partial charge < -0.3 is 24.4 Å². The van der Waals surface area contributed by atoms with E-state index in [9.17, 15) is 10.2 Å². The highest BCUT2D eigenvalue weighted by molar-refractivity contribution is 5.18. The molecule has 0 aromatic carbocycles. The maximum absolute atomic E-state index is 10.1. The molecule has 0 aromatic rings. The minimum atomic E-state index is -0.590. The summed E-state index contributed by atoms with van der Waals surface area (Å²) in [7, 11) is 0. The monoisotopic (exact) mass is 396 g/mol. The summed E-state index contributed by atoms with van der Waals surface area (Å²) < 4.78 is 19.5. The molecule has 4 rings (SSSR count). The van der Waals surface area contributed by atoms with Crippen molar-refractivity contribution in [2.75, 3.05) is 19.8 Å². The van der Waals surface area contributed by atoms with Crippen molar-refractivity contribution in [2.45, 2.75) is 103 Å². The predicted octanol–water partition coefficient (Wildman–Crippen LogP) is 3.65. The molecular formula is C23H40O5. The molecule has 4 aliphatic rings. The molecule has 2 saturated carbocycles. The third-order valence-electron chi connectivity index (χ3n) is 9.24. The van der Waals surface area contributed by atoms with Crippen LogP contribution in [-0.2, 0) is 14.2 Å². The van der Waals surface area contributed by atoms with E-state index in [0.717, 1.165) is 38.7 Å². The van der Waals surface area contributed by atoms with Gasteiger partial charge in [0.2, 0.25) is 0 Å². The Morgan fingerprint density at radius 3 is 2.39 bits per heavy atom. The van der Waals surface area contributed by atoms with Crippen LogP contribution in [0.25, 0.3) is 0 Å². The summed E-state index contributed by atoms with van der Waals surface area (Å²) in [5.74, 6) is 0.409. The van der Waals surface area contributed by atoms with Crippen molar-refractivity contribution in [3.05, 3.63) is 0 Å². The molecule has 2 heterocycles. The Labute approximate surface area is 170 Å². The van der Waals surface area contributed by atoms with Crippen LogP contribution in [0, 0.1) is 22.7 Å². The summed E-state index contributed by atoms with van der Waals surface area (Å²) in [6.07, 6.45) is 6.95. The molecule has 5 nitrogen and oxygen atoms in total. The van der Waals surface area contributed by atoms with Gasteiger partial charge in [-0.1, -0.05) is 20.8 Å². The van der Waals surface area contributed by atoms with Crippen molar-refractivity contribution in [1.82, 2.24) is 0 Å². The second-order valence-electron chi connectivity index (χ2n) is 11.1. The van der Waals surface area contributed by atoms with Gasteiger partial charge in [-0.3, -0.25) is 0 Å². The van der Waals surface area contributed by atoms with Crippen molar-refractivity contribution in [1.29, 1.82) is 0 Å². The van der Waals surface area contributed by atoms with Gasteiger partial charge in [-0.05, 0) is 64.2 Å². The highest BCUT2D eigenvalue weighted by Gasteiger charge is 2.70. The molecule has 0 radical (unpaired) electrons. The van der Waals surface area contributed by atoms with E-state index >= 15 is 0 Å². The molecule has 5 heteroatoms. The number of ether oxygens (including phenoxy) is 3. The minimum absolute atomic E-state index is 0.0108. The Morgan fingerprint density at radius 2 is 1.71 bits per heavy atom. The topological polar surface area (TPSA) is 68.2 Å². The Balaban J connectivity index is 1.70. The lowest BCUT2D eigenvalue weighted by molar-refractivity contribution is -0.359. The Bertz CT molecular complexity index is 608. The van der Waals surface area contributed by atoms with E-state index in [-0.39, 0.29) is 35.7 Å². The van der Waals surface area contributed by atoms with Crippen molar-refractivity contribution in [3.63, 3.8) is 0 Å². The molecule has 0 amide bonds. The molecule has 1 spiro atoms. The van der Waals surface area contributed by atoms with Gasteiger partial charge in [-0.2, -0.15) is 0 Å². The molecule has 7 atom stereocenters. The van der Waals surface area contributed by atoms with Gasteiger partial charge in [0.05, 0.1) is 30.5 Å². The first-order valence-corrected chi connectivity index (χ1v) is 11.3. The quantitative estimate of drug-likeness (QED) is 0.762. The van der Waals surface area contributed by atoms with E-state index in [1.165, 1.54) is 6.42 Å². The van der Waals surface area contributed by atoms with Crippen LogP contribution in [0.3, 0.4) is 0 Å². The molecule has 28 heavy (non-hydrogen) atoms. The van der Waals surface area contributed by atoms with Crippen LogP contribution in [0.5, 0.6) is 0 Å². The molecule has 0 unspecified atom stereocenters. The lowest BCUT2D eigenvalue weighted by Crippen LogP contribution is -2.69. The summed E-state index contributed by atoms with van der Waals surface area (Å²) in [5, 5.41) is 19.7. The van der Waals surface area contributed by atoms with Crippen LogP contribution in [0.1, 0.15) is 79.6 Å². The molecule has 0 aromatic heterocycles. The predicted molar refractivity (Wildman–Crippen MR) is 107 cm³/mol. The van der Waals surface area contributed by atoms with Crippen molar-refractivity contribution < 1.29 is 24.4 Å². The zero-order valence-corrected chi connectivity index (χ0v) is 18.4. The van der Waals surface area contributed by atoms with E-state index in [4.69, 9.17) is 14.2 Å². The number of aliphatic hydroxyl groups is 2. The third-order valence-corrected chi connectivity index (χ3v) is 9.24. The van der Waals surface area contributed by atoms with Gasteiger partial charge in [0.1, 0.15) is 0 Å². The van der Waals surface area contributed by atoms with E-state index in [1.54, 1.807) is 0 Å². The molecule has 0 bridgehead atoms. The summed E-state index contributed by atoms with van der Waals surface area (Å²) in [4.78, 5) is 0. The van der Waals surface area contributed by atoms with Crippen molar-refractivity contribution >= 4 is 0 Å². The lowest BCUT2D eigenvalue weighted by atomic mass is 9.43. The van der Waals surface area contributed by atoms with Crippen LogP contribution in [0.2, 0.25) is 0 Å². The first-order chi connectivity index (χ1) is 13.1. The number of aliphatic hydroxyl groups excluding tert-OH is 2. The molecule has 4 fully saturated rings. The Kier molecular flexibility index (Phi) is 5.00. The molecule has 2 N–H and O–H groups in total. The molecule has 2 saturated heterocycles. The van der Waals surface area contributed by atoms with E-state index in [0.29, 0.717) is 18.3 Å². The standard InChI is InChI=1S/C23H40O5/c1-16-6-7-17-20(4)15-26-19(2,3)27-18(20)8-9-21(17,5)23(16)11-10-22(14-25,28-23)12-13-24/h16-18,24-25H,6-15H2,1-5H3/t16-,17-,18-,20+,21+,22-,23-/m1/s1. The van der Waals surface area contributed by atoms with Crippen LogP contribution < -0.4 is 0 Å². The summed E-state index contributed by atoms with van der Waals surface area (Å²) in [6, 6.07) is 0. The number of hydrogen-bond donors (Lipinski definition) is 2. The van der Waals surface area contributed by atoms with Gasteiger partial charge >= 0.3 is 0 Å². The highest BCUT2D eigenvalue weighted by Crippen LogP contribution is 2.69. The average molecular weight is 397 g/mol. The summed E-state index contributed by atoms with van der Waals surface area (Å²) >= 11 is 0. The molecule has 162 valence electrons. The van der Waals surface area contributed by atoms with E-state index in [1.807, 2.05) is 13.8 Å². The molecule has 2 aliphatic heterocycles. The van der Waals surface area contributed by atoms with Crippen LogP contribution >= 0.6 is 0 Å². The lowest BCUT2D eigenvalue weighted by Gasteiger charge is -2.67. The SMILES string of the molecule is C[C@@H]1CC[C@@H]2[C@]3(C)COC(C)(C)O[C@@H]3CC[C@]2(C)[C@@]12CC[C@](CO)(CCO)O2. The van der Waals surface area contributed by atoms with Gasteiger partial charge in [0, 0.05) is 23.9 Å². The van der Waals surface area contributed by atoms with Gasteiger partial charge in [0.25, 0.3) is 0 Å². The van der Waals surface area contributed by atoms with Gasteiger partial charge in [-0.15, -0.1) is 0 Å². The number of fused-ring (bicyclic) bond motifs is 4. The Hall–Kier alpha value is -0.200. The highest BCUT2D eigenvalue weighted by atomic mass is 16.7. The second kappa shape index (κ2) is 6.65. The Morgan fingerprint density at radius 1 is 0.964 bits per heavy atom. The minimum Gasteiger partial charge on any atom is -0.396 e. The molecular weight excluding hydrogens is 356 g/mol. The average Bonchev–Trinajstić information content (AvgIpc) is 3.03.